The highest BCUT2D eigenvalue weighted by Gasteiger charge is 2.18. The molecule has 0 amide bonds. The van der Waals surface area contributed by atoms with Gasteiger partial charge in [-0.3, -0.25) is 0 Å². The number of carbonyl (C=O) groups excluding carboxylic acids is 2. The molecule has 3 aromatic rings. The van der Waals surface area contributed by atoms with Crippen molar-refractivity contribution in [3.63, 3.8) is 0 Å². The number of carbonyl (C=O) groups is 2. The highest BCUT2D eigenvalue weighted by Crippen LogP contribution is 2.22. The number of rotatable bonds is 6. The third-order valence-electron chi connectivity index (χ3n) is 4.49. The number of aromatic nitrogens is 2. The van der Waals surface area contributed by atoms with Gasteiger partial charge < -0.3 is 18.6 Å². The van der Waals surface area contributed by atoms with Gasteiger partial charge in [-0.2, -0.15) is 0 Å². The molecule has 0 bridgehead atoms. The van der Waals surface area contributed by atoms with Gasteiger partial charge in [0.15, 0.2) is 0 Å². The lowest BCUT2D eigenvalue weighted by Gasteiger charge is -2.14. The Hall–Kier alpha value is -3.28. The summed E-state index contributed by atoms with van der Waals surface area (Å²) in [6.45, 7) is 8.09. The Kier molecular flexibility index (Phi) is 5.68. The van der Waals surface area contributed by atoms with Crippen molar-refractivity contribution in [2.45, 2.75) is 27.7 Å². The molecule has 0 saturated heterocycles. The Morgan fingerprint density at radius 1 is 0.679 bits per heavy atom. The average Bonchev–Trinajstić information content (AvgIpc) is 3.25. The summed E-state index contributed by atoms with van der Waals surface area (Å²) < 4.78 is 14.0. The zero-order valence-corrected chi connectivity index (χ0v) is 16.6. The van der Waals surface area contributed by atoms with Crippen LogP contribution >= 0.6 is 0 Å². The molecule has 0 radical (unpaired) electrons. The summed E-state index contributed by atoms with van der Waals surface area (Å²) in [7, 11) is 0. The number of hydrogen-bond donors (Lipinski definition) is 0. The molecule has 6 nitrogen and oxygen atoms in total. The van der Waals surface area contributed by atoms with Gasteiger partial charge in [0.1, 0.15) is 11.4 Å². The molecule has 28 heavy (non-hydrogen) atoms. The highest BCUT2D eigenvalue weighted by atomic mass is 16.5. The second-order valence-corrected chi connectivity index (χ2v) is 6.35. The van der Waals surface area contributed by atoms with Crippen molar-refractivity contribution in [1.82, 2.24) is 9.13 Å². The SMILES string of the molecule is CCOC(=O)c1ccc(C)n1-c1ccc(-n2c(C)ccc2C(=O)OCC)cc1. The van der Waals surface area contributed by atoms with Crippen molar-refractivity contribution < 1.29 is 19.1 Å². The quantitative estimate of drug-likeness (QED) is 0.600. The lowest BCUT2D eigenvalue weighted by atomic mass is 10.2. The molecule has 0 unspecified atom stereocenters. The summed E-state index contributed by atoms with van der Waals surface area (Å²) in [5.74, 6) is -0.712. The van der Waals surface area contributed by atoms with Crippen molar-refractivity contribution in [2.75, 3.05) is 13.2 Å². The number of nitrogens with zero attached hydrogens (tertiary/aromatic N) is 2. The average molecular weight is 380 g/mol. The Bertz CT molecular complexity index is 915. The van der Waals surface area contributed by atoms with Crippen LogP contribution < -0.4 is 0 Å². The largest absolute Gasteiger partial charge is 0.461 e. The highest BCUT2D eigenvalue weighted by molar-refractivity contribution is 5.89. The van der Waals surface area contributed by atoms with Crippen molar-refractivity contribution in [2.24, 2.45) is 0 Å². The minimum atomic E-state index is -0.356. The summed E-state index contributed by atoms with van der Waals surface area (Å²) in [6, 6.07) is 15.0. The first kappa shape index (κ1) is 19.5. The summed E-state index contributed by atoms with van der Waals surface area (Å²) in [5, 5.41) is 0. The molecular formula is C22H24N2O4. The van der Waals surface area contributed by atoms with E-state index in [2.05, 4.69) is 0 Å². The van der Waals surface area contributed by atoms with Crippen molar-refractivity contribution in [3.8, 4) is 11.4 Å². The van der Waals surface area contributed by atoms with E-state index in [1.54, 1.807) is 26.0 Å². The summed E-state index contributed by atoms with van der Waals surface area (Å²) >= 11 is 0. The van der Waals surface area contributed by atoms with E-state index in [1.165, 1.54) is 0 Å². The third kappa shape index (κ3) is 3.58. The molecule has 2 heterocycles. The minimum Gasteiger partial charge on any atom is -0.461 e. The van der Waals surface area contributed by atoms with Crippen LogP contribution in [0.3, 0.4) is 0 Å². The first-order valence-electron chi connectivity index (χ1n) is 9.29. The first-order chi connectivity index (χ1) is 13.5. The fraction of sp³-hybridized carbons (Fsp3) is 0.273. The van der Waals surface area contributed by atoms with Crippen LogP contribution in [0, 0.1) is 13.8 Å². The zero-order chi connectivity index (χ0) is 20.3. The normalized spacial score (nSPS) is 10.7. The van der Waals surface area contributed by atoms with Gasteiger partial charge in [-0.25, -0.2) is 9.59 Å². The van der Waals surface area contributed by atoms with Crippen LogP contribution in [-0.2, 0) is 9.47 Å². The maximum absolute atomic E-state index is 12.2. The Morgan fingerprint density at radius 3 is 1.36 bits per heavy atom. The molecule has 0 atom stereocenters. The Morgan fingerprint density at radius 2 is 1.04 bits per heavy atom. The van der Waals surface area contributed by atoms with Crippen LogP contribution in [0.4, 0.5) is 0 Å². The summed E-state index contributed by atoms with van der Waals surface area (Å²) in [5.41, 5.74) is 4.52. The maximum atomic E-state index is 12.2. The van der Waals surface area contributed by atoms with E-state index in [9.17, 15) is 9.59 Å². The fourth-order valence-electron chi connectivity index (χ4n) is 3.24. The van der Waals surface area contributed by atoms with E-state index in [-0.39, 0.29) is 11.9 Å². The van der Waals surface area contributed by atoms with Crippen molar-refractivity contribution in [1.29, 1.82) is 0 Å². The smallest absolute Gasteiger partial charge is 0.355 e. The van der Waals surface area contributed by atoms with Gasteiger partial charge in [0.25, 0.3) is 0 Å². The molecule has 0 fully saturated rings. The lowest BCUT2D eigenvalue weighted by Crippen LogP contribution is -2.13. The zero-order valence-electron chi connectivity index (χ0n) is 16.6. The van der Waals surface area contributed by atoms with E-state index in [4.69, 9.17) is 9.47 Å². The number of aryl methyl sites for hydroxylation is 2. The molecule has 146 valence electrons. The van der Waals surface area contributed by atoms with Crippen molar-refractivity contribution in [3.05, 3.63) is 71.3 Å². The number of hydrogen-bond acceptors (Lipinski definition) is 4. The van der Waals surface area contributed by atoms with Gasteiger partial charge >= 0.3 is 11.9 Å². The maximum Gasteiger partial charge on any atom is 0.355 e. The van der Waals surface area contributed by atoms with Gasteiger partial charge in [-0.15, -0.1) is 0 Å². The van der Waals surface area contributed by atoms with Crippen molar-refractivity contribution >= 4 is 11.9 Å². The van der Waals surface area contributed by atoms with E-state index >= 15 is 0 Å². The van der Waals surface area contributed by atoms with Crippen LogP contribution in [0.15, 0.2) is 48.5 Å². The summed E-state index contributed by atoms with van der Waals surface area (Å²) in [6.07, 6.45) is 0. The molecule has 0 saturated carbocycles. The van der Waals surface area contributed by atoms with Gasteiger partial charge in [-0.05, 0) is 76.2 Å². The van der Waals surface area contributed by atoms with Gasteiger partial charge in [-0.1, -0.05) is 0 Å². The number of esters is 2. The van der Waals surface area contributed by atoms with E-state index in [1.807, 2.05) is 59.4 Å². The molecule has 2 aromatic heterocycles. The summed E-state index contributed by atoms with van der Waals surface area (Å²) in [4.78, 5) is 24.5. The molecule has 0 aliphatic heterocycles. The second-order valence-electron chi connectivity index (χ2n) is 6.35. The topological polar surface area (TPSA) is 62.5 Å². The van der Waals surface area contributed by atoms with E-state index in [0.717, 1.165) is 22.8 Å². The molecular weight excluding hydrogens is 356 g/mol. The van der Waals surface area contributed by atoms with Crippen LogP contribution in [0.2, 0.25) is 0 Å². The molecule has 0 aliphatic carbocycles. The van der Waals surface area contributed by atoms with Crippen LogP contribution in [-0.4, -0.2) is 34.3 Å². The van der Waals surface area contributed by atoms with Gasteiger partial charge in [0.2, 0.25) is 0 Å². The minimum absolute atomic E-state index is 0.325. The monoisotopic (exact) mass is 380 g/mol. The predicted octanol–water partition coefficient (Wildman–Crippen LogP) is 4.24. The Balaban J connectivity index is 1.99. The standard InChI is InChI=1S/C22H24N2O4/c1-5-27-21(25)19-13-7-15(3)23(19)17-9-11-18(12-10-17)24-16(4)8-14-20(24)22(26)28-6-2/h7-14H,5-6H2,1-4H3. The molecule has 6 heteroatoms. The van der Waals surface area contributed by atoms with E-state index < -0.39 is 0 Å². The molecule has 0 N–H and O–H groups in total. The molecule has 1 aromatic carbocycles. The predicted molar refractivity (Wildman–Crippen MR) is 106 cm³/mol. The molecule has 0 aliphatic rings. The van der Waals surface area contributed by atoms with Gasteiger partial charge in [0.05, 0.1) is 13.2 Å². The number of ether oxygens (including phenoxy) is 2. The van der Waals surface area contributed by atoms with Crippen LogP contribution in [0.25, 0.3) is 11.4 Å². The molecule has 3 rings (SSSR count). The van der Waals surface area contributed by atoms with Gasteiger partial charge in [0, 0.05) is 22.8 Å². The van der Waals surface area contributed by atoms with E-state index in [0.29, 0.717) is 24.6 Å². The Labute approximate surface area is 164 Å². The first-order valence-corrected chi connectivity index (χ1v) is 9.29. The lowest BCUT2D eigenvalue weighted by molar-refractivity contribution is 0.0507. The third-order valence-corrected chi connectivity index (χ3v) is 4.49. The number of benzene rings is 1. The van der Waals surface area contributed by atoms with Crippen LogP contribution in [0.1, 0.15) is 46.2 Å². The fourth-order valence-corrected chi connectivity index (χ4v) is 3.24. The molecule has 0 spiro atoms. The second kappa shape index (κ2) is 8.17. The van der Waals surface area contributed by atoms with Crippen LogP contribution in [0.5, 0.6) is 0 Å².